The second-order valence-corrected chi connectivity index (χ2v) is 4.00. The van der Waals surface area contributed by atoms with E-state index in [1.54, 1.807) is 6.33 Å². The molecule has 0 atom stereocenters. The molecule has 1 aliphatic carbocycles. The highest BCUT2D eigenvalue weighted by atomic mass is 15.1. The Kier molecular flexibility index (Phi) is 3.37. The van der Waals surface area contributed by atoms with Crippen LogP contribution in [0.25, 0.3) is 0 Å². The second kappa shape index (κ2) is 4.96. The van der Waals surface area contributed by atoms with Gasteiger partial charge in [-0.1, -0.05) is 6.42 Å². The Morgan fingerprint density at radius 3 is 2.60 bits per heavy atom. The Morgan fingerprint density at radius 1 is 1.27 bits per heavy atom. The van der Waals surface area contributed by atoms with Gasteiger partial charge in [0.05, 0.1) is 0 Å². The SMILES string of the molecule is CCNc1cc(NCC2CCC2)ncn1. The van der Waals surface area contributed by atoms with Gasteiger partial charge in [-0.05, 0) is 25.7 Å². The molecular weight excluding hydrogens is 188 g/mol. The Labute approximate surface area is 90.5 Å². The summed E-state index contributed by atoms with van der Waals surface area (Å²) in [4.78, 5) is 8.32. The van der Waals surface area contributed by atoms with E-state index in [2.05, 4.69) is 27.5 Å². The lowest BCUT2D eigenvalue weighted by molar-refractivity contribution is 0.333. The molecule has 0 spiro atoms. The summed E-state index contributed by atoms with van der Waals surface area (Å²) in [5.74, 6) is 2.67. The average Bonchev–Trinajstić information content (AvgIpc) is 2.16. The number of nitrogens with one attached hydrogen (secondary N) is 2. The van der Waals surface area contributed by atoms with Crippen molar-refractivity contribution in [2.24, 2.45) is 5.92 Å². The zero-order chi connectivity index (χ0) is 10.5. The van der Waals surface area contributed by atoms with E-state index in [-0.39, 0.29) is 0 Å². The summed E-state index contributed by atoms with van der Waals surface area (Å²) in [6.07, 6.45) is 5.70. The highest BCUT2D eigenvalue weighted by Gasteiger charge is 2.16. The van der Waals surface area contributed by atoms with Crippen LogP contribution in [0.4, 0.5) is 11.6 Å². The van der Waals surface area contributed by atoms with E-state index in [4.69, 9.17) is 0 Å². The first-order valence-electron chi connectivity index (χ1n) is 5.68. The first kappa shape index (κ1) is 10.2. The van der Waals surface area contributed by atoms with Crippen LogP contribution in [0.15, 0.2) is 12.4 Å². The third-order valence-corrected chi connectivity index (χ3v) is 2.82. The molecule has 0 saturated heterocycles. The van der Waals surface area contributed by atoms with Crippen LogP contribution < -0.4 is 10.6 Å². The first-order valence-corrected chi connectivity index (χ1v) is 5.68. The third kappa shape index (κ3) is 2.81. The van der Waals surface area contributed by atoms with Crippen LogP contribution in [0.1, 0.15) is 26.2 Å². The van der Waals surface area contributed by atoms with Gasteiger partial charge in [0.25, 0.3) is 0 Å². The molecule has 2 rings (SSSR count). The van der Waals surface area contributed by atoms with Gasteiger partial charge >= 0.3 is 0 Å². The zero-order valence-corrected chi connectivity index (χ0v) is 9.16. The fraction of sp³-hybridized carbons (Fsp3) is 0.636. The topological polar surface area (TPSA) is 49.8 Å². The van der Waals surface area contributed by atoms with Crippen molar-refractivity contribution < 1.29 is 0 Å². The molecule has 1 saturated carbocycles. The summed E-state index contributed by atoms with van der Waals surface area (Å²) in [7, 11) is 0. The number of nitrogens with zero attached hydrogens (tertiary/aromatic N) is 2. The van der Waals surface area contributed by atoms with Crippen molar-refractivity contribution in [2.45, 2.75) is 26.2 Å². The predicted molar refractivity (Wildman–Crippen MR) is 62.0 cm³/mol. The molecule has 0 bridgehead atoms. The summed E-state index contributed by atoms with van der Waals surface area (Å²) >= 11 is 0. The lowest BCUT2D eigenvalue weighted by Crippen LogP contribution is -2.21. The molecule has 82 valence electrons. The molecule has 4 nitrogen and oxygen atoms in total. The van der Waals surface area contributed by atoms with E-state index in [1.165, 1.54) is 19.3 Å². The standard InChI is InChI=1S/C11H18N4/c1-2-12-10-6-11(15-8-14-10)13-7-9-4-3-5-9/h6,8-9H,2-5,7H2,1H3,(H2,12,13,14,15). The van der Waals surface area contributed by atoms with E-state index in [0.717, 1.165) is 30.6 Å². The van der Waals surface area contributed by atoms with Gasteiger partial charge in [-0.15, -0.1) is 0 Å². The predicted octanol–water partition coefficient (Wildman–Crippen LogP) is 2.12. The van der Waals surface area contributed by atoms with Crippen molar-refractivity contribution in [3.63, 3.8) is 0 Å². The van der Waals surface area contributed by atoms with Gasteiger partial charge < -0.3 is 10.6 Å². The van der Waals surface area contributed by atoms with Crippen LogP contribution >= 0.6 is 0 Å². The molecule has 1 aromatic rings. The van der Waals surface area contributed by atoms with E-state index in [9.17, 15) is 0 Å². The van der Waals surface area contributed by atoms with Crippen molar-refractivity contribution in [3.05, 3.63) is 12.4 Å². The second-order valence-electron chi connectivity index (χ2n) is 4.00. The van der Waals surface area contributed by atoms with Crippen molar-refractivity contribution in [1.82, 2.24) is 9.97 Å². The molecule has 0 aromatic carbocycles. The quantitative estimate of drug-likeness (QED) is 0.774. The molecule has 2 N–H and O–H groups in total. The first-order chi connectivity index (χ1) is 7.38. The lowest BCUT2D eigenvalue weighted by atomic mass is 9.85. The summed E-state index contributed by atoms with van der Waals surface area (Å²) < 4.78 is 0. The minimum Gasteiger partial charge on any atom is -0.370 e. The van der Waals surface area contributed by atoms with Crippen molar-refractivity contribution in [2.75, 3.05) is 23.7 Å². The molecule has 0 radical (unpaired) electrons. The highest BCUT2D eigenvalue weighted by Crippen LogP contribution is 2.26. The molecule has 4 heteroatoms. The van der Waals surface area contributed by atoms with Gasteiger partial charge in [-0.3, -0.25) is 0 Å². The Balaban J connectivity index is 1.86. The molecule has 0 aliphatic heterocycles. The van der Waals surface area contributed by atoms with Crippen LogP contribution in [-0.2, 0) is 0 Å². The number of anilines is 2. The van der Waals surface area contributed by atoms with Crippen LogP contribution in [0.2, 0.25) is 0 Å². The van der Waals surface area contributed by atoms with Gasteiger partial charge in [0.1, 0.15) is 18.0 Å². The molecule has 1 aliphatic rings. The fourth-order valence-electron chi connectivity index (χ4n) is 1.68. The van der Waals surface area contributed by atoms with Gasteiger partial charge in [0, 0.05) is 19.2 Å². The maximum atomic E-state index is 4.19. The summed E-state index contributed by atoms with van der Waals surface area (Å²) in [6.45, 7) is 3.99. The van der Waals surface area contributed by atoms with Crippen molar-refractivity contribution in [1.29, 1.82) is 0 Å². The van der Waals surface area contributed by atoms with E-state index >= 15 is 0 Å². The number of hydrogen-bond acceptors (Lipinski definition) is 4. The van der Waals surface area contributed by atoms with Crippen LogP contribution in [0.5, 0.6) is 0 Å². The normalized spacial score (nSPS) is 15.8. The van der Waals surface area contributed by atoms with Crippen molar-refractivity contribution in [3.8, 4) is 0 Å². The van der Waals surface area contributed by atoms with Crippen LogP contribution in [0.3, 0.4) is 0 Å². The highest BCUT2D eigenvalue weighted by molar-refractivity contribution is 5.46. The summed E-state index contributed by atoms with van der Waals surface area (Å²) in [6, 6.07) is 1.96. The van der Waals surface area contributed by atoms with E-state index in [1.807, 2.05) is 6.07 Å². The van der Waals surface area contributed by atoms with E-state index < -0.39 is 0 Å². The van der Waals surface area contributed by atoms with Gasteiger partial charge in [0.15, 0.2) is 0 Å². The van der Waals surface area contributed by atoms with E-state index in [0.29, 0.717) is 0 Å². The Hall–Kier alpha value is -1.32. The number of hydrogen-bond donors (Lipinski definition) is 2. The Morgan fingerprint density at radius 2 is 2.00 bits per heavy atom. The monoisotopic (exact) mass is 206 g/mol. The van der Waals surface area contributed by atoms with Gasteiger partial charge in [-0.2, -0.15) is 0 Å². The largest absolute Gasteiger partial charge is 0.370 e. The number of aromatic nitrogens is 2. The molecule has 1 aromatic heterocycles. The van der Waals surface area contributed by atoms with Gasteiger partial charge in [-0.25, -0.2) is 9.97 Å². The summed E-state index contributed by atoms with van der Waals surface area (Å²) in [5, 5.41) is 6.53. The van der Waals surface area contributed by atoms with Crippen molar-refractivity contribution >= 4 is 11.6 Å². The Bertz CT molecular complexity index is 309. The third-order valence-electron chi connectivity index (χ3n) is 2.82. The molecule has 15 heavy (non-hydrogen) atoms. The fourth-order valence-corrected chi connectivity index (χ4v) is 1.68. The minimum atomic E-state index is 0.850. The lowest BCUT2D eigenvalue weighted by Gasteiger charge is -2.25. The molecule has 0 unspecified atom stereocenters. The summed E-state index contributed by atoms with van der Waals surface area (Å²) in [5.41, 5.74) is 0. The number of rotatable bonds is 5. The molecule has 1 fully saturated rings. The maximum Gasteiger partial charge on any atom is 0.131 e. The minimum absolute atomic E-state index is 0.850. The smallest absolute Gasteiger partial charge is 0.131 e. The zero-order valence-electron chi connectivity index (χ0n) is 9.16. The van der Waals surface area contributed by atoms with Crippen LogP contribution in [0, 0.1) is 5.92 Å². The molecular formula is C11H18N4. The molecule has 1 heterocycles. The molecule has 0 amide bonds. The van der Waals surface area contributed by atoms with Crippen LogP contribution in [-0.4, -0.2) is 23.1 Å². The maximum absolute atomic E-state index is 4.19. The average molecular weight is 206 g/mol. The van der Waals surface area contributed by atoms with Gasteiger partial charge in [0.2, 0.25) is 0 Å².